The zero-order valence-corrected chi connectivity index (χ0v) is 19.0. The summed E-state index contributed by atoms with van der Waals surface area (Å²) in [6.07, 6.45) is 1.43. The Bertz CT molecular complexity index is 868. The molecule has 1 aliphatic rings. The standard InChI is InChI=1S/C22H33N5O2S/c1-16(2)14-19(26-10-12-29-13-11-26)15-23-20(28)8-9-27-21(24-25-22(27)30)18-6-4-17(3)5-7-18/h4-7,16,19H,8-15H2,1-3H3,(H,23,28)(H,25,30). The molecule has 164 valence electrons. The maximum absolute atomic E-state index is 12.6. The van der Waals surface area contributed by atoms with Crippen molar-refractivity contribution in [2.45, 2.75) is 46.2 Å². The molecule has 1 aromatic carbocycles. The molecule has 7 nitrogen and oxygen atoms in total. The molecule has 1 saturated heterocycles. The predicted octanol–water partition coefficient (Wildman–Crippen LogP) is 3.17. The summed E-state index contributed by atoms with van der Waals surface area (Å²) < 4.78 is 7.90. The molecule has 2 aromatic rings. The highest BCUT2D eigenvalue weighted by molar-refractivity contribution is 7.71. The average molecular weight is 432 g/mol. The SMILES string of the molecule is Cc1ccc(-c2n[nH]c(=S)n2CCC(=O)NCC(CC(C)C)N2CCOCC2)cc1. The molecule has 1 unspecified atom stereocenters. The Morgan fingerprint density at radius 1 is 1.27 bits per heavy atom. The zero-order valence-electron chi connectivity index (χ0n) is 18.2. The third-order valence-electron chi connectivity index (χ3n) is 5.47. The molecule has 1 fully saturated rings. The number of carbonyl (C=O) groups is 1. The highest BCUT2D eigenvalue weighted by Crippen LogP contribution is 2.18. The van der Waals surface area contributed by atoms with Crippen LogP contribution < -0.4 is 5.32 Å². The van der Waals surface area contributed by atoms with Crippen LogP contribution in [-0.4, -0.2) is 64.5 Å². The van der Waals surface area contributed by atoms with Gasteiger partial charge in [-0.2, -0.15) is 5.10 Å². The van der Waals surface area contributed by atoms with E-state index in [1.807, 2.05) is 28.8 Å². The molecule has 1 atom stereocenters. The molecular weight excluding hydrogens is 398 g/mol. The Morgan fingerprint density at radius 2 is 1.97 bits per heavy atom. The first-order chi connectivity index (χ1) is 14.4. The molecule has 2 heterocycles. The van der Waals surface area contributed by atoms with Crippen LogP contribution in [0.25, 0.3) is 11.4 Å². The molecule has 0 bridgehead atoms. The summed E-state index contributed by atoms with van der Waals surface area (Å²) in [6, 6.07) is 8.48. The molecule has 0 radical (unpaired) electrons. The fraction of sp³-hybridized carbons (Fsp3) is 0.591. The van der Waals surface area contributed by atoms with E-state index in [0.29, 0.717) is 36.2 Å². The molecule has 2 N–H and O–H groups in total. The van der Waals surface area contributed by atoms with Gasteiger partial charge in [-0.05, 0) is 31.5 Å². The Kier molecular flexibility index (Phi) is 8.18. The number of nitrogens with one attached hydrogen (secondary N) is 2. The Labute approximate surface area is 183 Å². The van der Waals surface area contributed by atoms with Crippen LogP contribution in [0, 0.1) is 17.6 Å². The van der Waals surface area contributed by atoms with E-state index in [1.54, 1.807) is 0 Å². The zero-order chi connectivity index (χ0) is 21.5. The van der Waals surface area contributed by atoms with Crippen molar-refractivity contribution in [3.63, 3.8) is 0 Å². The van der Waals surface area contributed by atoms with Crippen molar-refractivity contribution in [2.24, 2.45) is 5.92 Å². The molecule has 3 rings (SSSR count). The number of amides is 1. The first-order valence-electron chi connectivity index (χ1n) is 10.7. The highest BCUT2D eigenvalue weighted by atomic mass is 32.1. The molecule has 0 spiro atoms. The number of morpholine rings is 1. The third-order valence-corrected chi connectivity index (χ3v) is 5.78. The summed E-state index contributed by atoms with van der Waals surface area (Å²) in [5, 5.41) is 10.3. The lowest BCUT2D eigenvalue weighted by atomic mass is 10.0. The minimum atomic E-state index is 0.0370. The van der Waals surface area contributed by atoms with E-state index in [4.69, 9.17) is 17.0 Å². The lowest BCUT2D eigenvalue weighted by Gasteiger charge is -2.35. The summed E-state index contributed by atoms with van der Waals surface area (Å²) in [4.78, 5) is 15.0. The Hall–Kier alpha value is -2.03. The summed E-state index contributed by atoms with van der Waals surface area (Å²) in [5.41, 5.74) is 2.17. The first kappa shape index (κ1) is 22.7. The normalized spacial score (nSPS) is 16.0. The van der Waals surface area contributed by atoms with Gasteiger partial charge in [0.1, 0.15) is 0 Å². The maximum atomic E-state index is 12.6. The van der Waals surface area contributed by atoms with Crippen LogP contribution in [-0.2, 0) is 16.1 Å². The van der Waals surface area contributed by atoms with Gasteiger partial charge in [-0.1, -0.05) is 43.7 Å². The summed E-state index contributed by atoms with van der Waals surface area (Å²) in [6.45, 7) is 11.1. The van der Waals surface area contributed by atoms with Crippen molar-refractivity contribution in [3.8, 4) is 11.4 Å². The minimum absolute atomic E-state index is 0.0370. The molecule has 0 aliphatic carbocycles. The Morgan fingerprint density at radius 3 is 2.63 bits per heavy atom. The molecule has 30 heavy (non-hydrogen) atoms. The second-order valence-electron chi connectivity index (χ2n) is 8.36. The molecule has 8 heteroatoms. The third kappa shape index (κ3) is 6.23. The van der Waals surface area contributed by atoms with Crippen molar-refractivity contribution in [2.75, 3.05) is 32.8 Å². The van der Waals surface area contributed by atoms with Gasteiger partial charge in [-0.3, -0.25) is 19.4 Å². The lowest BCUT2D eigenvalue weighted by molar-refractivity contribution is -0.121. The number of H-pyrrole nitrogens is 1. The fourth-order valence-electron chi connectivity index (χ4n) is 3.83. The highest BCUT2D eigenvalue weighted by Gasteiger charge is 2.22. The van der Waals surface area contributed by atoms with Gasteiger partial charge in [0, 0.05) is 44.2 Å². The first-order valence-corrected chi connectivity index (χ1v) is 11.2. The van der Waals surface area contributed by atoms with Crippen LogP contribution in [0.1, 0.15) is 32.3 Å². The number of hydrogen-bond donors (Lipinski definition) is 2. The van der Waals surface area contributed by atoms with Gasteiger partial charge in [0.15, 0.2) is 10.6 Å². The Balaban J connectivity index is 1.57. The van der Waals surface area contributed by atoms with Crippen LogP contribution in [0.15, 0.2) is 24.3 Å². The van der Waals surface area contributed by atoms with Crippen LogP contribution in [0.3, 0.4) is 0 Å². The number of hydrogen-bond acceptors (Lipinski definition) is 5. The smallest absolute Gasteiger partial charge is 0.221 e. The van der Waals surface area contributed by atoms with Crippen molar-refractivity contribution < 1.29 is 9.53 Å². The second kappa shape index (κ2) is 10.8. The van der Waals surface area contributed by atoms with Gasteiger partial charge in [-0.15, -0.1) is 0 Å². The number of nitrogens with zero attached hydrogens (tertiary/aromatic N) is 3. The number of benzene rings is 1. The summed E-state index contributed by atoms with van der Waals surface area (Å²) in [5.74, 6) is 1.38. The van der Waals surface area contributed by atoms with E-state index < -0.39 is 0 Å². The summed E-state index contributed by atoms with van der Waals surface area (Å²) >= 11 is 5.38. The number of aromatic nitrogens is 3. The van der Waals surface area contributed by atoms with Crippen LogP contribution in [0.5, 0.6) is 0 Å². The predicted molar refractivity (Wildman–Crippen MR) is 121 cm³/mol. The van der Waals surface area contributed by atoms with Gasteiger partial charge >= 0.3 is 0 Å². The fourth-order valence-corrected chi connectivity index (χ4v) is 4.05. The van der Waals surface area contributed by atoms with Crippen molar-refractivity contribution >= 4 is 18.1 Å². The van der Waals surface area contributed by atoms with Gasteiger partial charge < -0.3 is 10.1 Å². The average Bonchev–Trinajstić information content (AvgIpc) is 3.11. The number of carbonyl (C=O) groups excluding carboxylic acids is 1. The van der Waals surface area contributed by atoms with Crippen LogP contribution >= 0.6 is 12.2 Å². The van der Waals surface area contributed by atoms with Crippen molar-refractivity contribution in [1.29, 1.82) is 0 Å². The van der Waals surface area contributed by atoms with E-state index in [2.05, 4.69) is 41.2 Å². The molecule has 1 aromatic heterocycles. The van der Waals surface area contributed by atoms with Crippen molar-refractivity contribution in [1.82, 2.24) is 25.0 Å². The van der Waals surface area contributed by atoms with Crippen molar-refractivity contribution in [3.05, 3.63) is 34.6 Å². The van der Waals surface area contributed by atoms with Gasteiger partial charge in [0.25, 0.3) is 0 Å². The number of ether oxygens (including phenoxy) is 1. The summed E-state index contributed by atoms with van der Waals surface area (Å²) in [7, 11) is 0. The lowest BCUT2D eigenvalue weighted by Crippen LogP contribution is -2.49. The van der Waals surface area contributed by atoms with E-state index in [0.717, 1.165) is 44.1 Å². The molecule has 0 saturated carbocycles. The van der Waals surface area contributed by atoms with Gasteiger partial charge in [0.2, 0.25) is 5.91 Å². The van der Waals surface area contributed by atoms with Crippen LogP contribution in [0.4, 0.5) is 0 Å². The molecule has 1 amide bonds. The van der Waals surface area contributed by atoms with E-state index in [1.165, 1.54) is 5.56 Å². The van der Waals surface area contributed by atoms with E-state index in [9.17, 15) is 4.79 Å². The largest absolute Gasteiger partial charge is 0.379 e. The van der Waals surface area contributed by atoms with Gasteiger partial charge in [0.05, 0.1) is 13.2 Å². The number of rotatable bonds is 9. The number of aryl methyl sites for hydroxylation is 1. The minimum Gasteiger partial charge on any atom is -0.379 e. The van der Waals surface area contributed by atoms with E-state index >= 15 is 0 Å². The van der Waals surface area contributed by atoms with Crippen LogP contribution in [0.2, 0.25) is 0 Å². The molecular formula is C22H33N5O2S. The van der Waals surface area contributed by atoms with Gasteiger partial charge in [-0.25, -0.2) is 0 Å². The molecule has 1 aliphatic heterocycles. The maximum Gasteiger partial charge on any atom is 0.221 e. The number of aromatic amines is 1. The second-order valence-corrected chi connectivity index (χ2v) is 8.74. The van der Waals surface area contributed by atoms with E-state index in [-0.39, 0.29) is 5.91 Å². The quantitative estimate of drug-likeness (QED) is 0.597. The topological polar surface area (TPSA) is 75.2 Å². The monoisotopic (exact) mass is 431 g/mol.